The predicted molar refractivity (Wildman–Crippen MR) is 91.7 cm³/mol. The third-order valence-electron chi connectivity index (χ3n) is 4.84. The van der Waals surface area contributed by atoms with Crippen LogP contribution in [-0.2, 0) is 23.6 Å². The number of hydrogen-bond acceptors (Lipinski definition) is 2. The van der Waals surface area contributed by atoms with Gasteiger partial charge in [0.2, 0.25) is 5.67 Å². The van der Waals surface area contributed by atoms with E-state index in [1.54, 1.807) is 18.2 Å². The van der Waals surface area contributed by atoms with Crippen molar-refractivity contribution in [2.24, 2.45) is 5.92 Å². The SMILES string of the molecule is CC(C)C(F)(C(=O)O)c1ccc(CN2Cc3c(F)cccc3C2=O)cc1. The van der Waals surface area contributed by atoms with Crippen LogP contribution < -0.4 is 0 Å². The van der Waals surface area contributed by atoms with Gasteiger partial charge in [0, 0.05) is 29.2 Å². The van der Waals surface area contributed by atoms with E-state index >= 15 is 0 Å². The minimum Gasteiger partial charge on any atom is -0.479 e. The lowest BCUT2D eigenvalue weighted by molar-refractivity contribution is -0.155. The van der Waals surface area contributed by atoms with Gasteiger partial charge in [-0.2, -0.15) is 0 Å². The zero-order valence-electron chi connectivity index (χ0n) is 14.5. The van der Waals surface area contributed by atoms with Crippen molar-refractivity contribution in [2.45, 2.75) is 32.6 Å². The second-order valence-corrected chi connectivity index (χ2v) is 6.80. The van der Waals surface area contributed by atoms with Crippen LogP contribution in [0.1, 0.15) is 40.9 Å². The first-order valence-corrected chi connectivity index (χ1v) is 8.33. The molecule has 1 heterocycles. The van der Waals surface area contributed by atoms with Gasteiger partial charge in [0.15, 0.2) is 0 Å². The van der Waals surface area contributed by atoms with Crippen molar-refractivity contribution >= 4 is 11.9 Å². The predicted octanol–water partition coefficient (Wildman–Crippen LogP) is 3.89. The summed E-state index contributed by atoms with van der Waals surface area (Å²) in [7, 11) is 0. The van der Waals surface area contributed by atoms with Crippen molar-refractivity contribution in [3.63, 3.8) is 0 Å². The molecule has 1 aliphatic rings. The zero-order valence-corrected chi connectivity index (χ0v) is 14.5. The number of carbonyl (C=O) groups excluding carboxylic acids is 1. The number of carboxylic acids is 1. The Balaban J connectivity index is 1.80. The monoisotopic (exact) mass is 359 g/mol. The Bertz CT molecular complexity index is 864. The molecule has 4 nitrogen and oxygen atoms in total. The van der Waals surface area contributed by atoms with E-state index in [0.29, 0.717) is 16.7 Å². The van der Waals surface area contributed by atoms with Gasteiger partial charge in [-0.05, 0) is 17.7 Å². The van der Waals surface area contributed by atoms with Crippen LogP contribution in [0.4, 0.5) is 8.78 Å². The number of nitrogens with zero attached hydrogens (tertiary/aromatic N) is 1. The van der Waals surface area contributed by atoms with Gasteiger partial charge in [0.1, 0.15) is 5.82 Å². The zero-order chi connectivity index (χ0) is 19.1. The lowest BCUT2D eigenvalue weighted by Gasteiger charge is -2.25. The van der Waals surface area contributed by atoms with Gasteiger partial charge in [-0.15, -0.1) is 0 Å². The quantitative estimate of drug-likeness (QED) is 0.881. The summed E-state index contributed by atoms with van der Waals surface area (Å²) in [6, 6.07) is 10.5. The Kier molecular flexibility index (Phi) is 4.52. The molecule has 2 aromatic carbocycles. The molecule has 1 amide bonds. The highest BCUT2D eigenvalue weighted by Crippen LogP contribution is 2.35. The number of amides is 1. The average Bonchev–Trinajstić information content (AvgIpc) is 2.92. The molecule has 0 saturated carbocycles. The lowest BCUT2D eigenvalue weighted by atomic mass is 9.85. The van der Waals surface area contributed by atoms with Gasteiger partial charge in [0.05, 0.1) is 6.54 Å². The van der Waals surface area contributed by atoms with E-state index in [-0.39, 0.29) is 24.6 Å². The van der Waals surface area contributed by atoms with Crippen LogP contribution in [0.2, 0.25) is 0 Å². The summed E-state index contributed by atoms with van der Waals surface area (Å²) in [5.41, 5.74) is -0.961. The molecular formula is C20H19F2NO3. The summed E-state index contributed by atoms with van der Waals surface area (Å²) in [6.07, 6.45) is 0. The normalized spacial score (nSPS) is 15.9. The number of aliphatic carboxylic acids is 1. The van der Waals surface area contributed by atoms with Gasteiger partial charge in [-0.3, -0.25) is 4.79 Å². The maximum Gasteiger partial charge on any atom is 0.346 e. The van der Waals surface area contributed by atoms with E-state index < -0.39 is 23.4 Å². The Hall–Kier alpha value is -2.76. The number of carboxylic acid groups (broad SMARTS) is 1. The van der Waals surface area contributed by atoms with Crippen molar-refractivity contribution in [1.82, 2.24) is 4.90 Å². The molecule has 0 spiro atoms. The smallest absolute Gasteiger partial charge is 0.346 e. The number of rotatable bonds is 5. The molecule has 2 aromatic rings. The molecule has 0 aromatic heterocycles. The van der Waals surface area contributed by atoms with Gasteiger partial charge in [-0.25, -0.2) is 13.6 Å². The molecule has 0 saturated heterocycles. The van der Waals surface area contributed by atoms with E-state index in [4.69, 9.17) is 0 Å². The first kappa shape index (κ1) is 18.0. The second kappa shape index (κ2) is 6.52. The van der Waals surface area contributed by atoms with Crippen LogP contribution in [0.15, 0.2) is 42.5 Å². The Morgan fingerprint density at radius 1 is 1.23 bits per heavy atom. The van der Waals surface area contributed by atoms with E-state index in [9.17, 15) is 23.5 Å². The lowest BCUT2D eigenvalue weighted by Crippen LogP contribution is -2.36. The number of halogens is 2. The number of carbonyl (C=O) groups is 2. The summed E-state index contributed by atoms with van der Waals surface area (Å²) >= 11 is 0. The largest absolute Gasteiger partial charge is 0.479 e. The minimum absolute atomic E-state index is 0.0610. The maximum absolute atomic E-state index is 14.9. The summed E-state index contributed by atoms with van der Waals surface area (Å²) in [4.78, 5) is 25.2. The average molecular weight is 359 g/mol. The number of benzene rings is 2. The molecule has 6 heteroatoms. The maximum atomic E-state index is 14.9. The molecule has 1 N–H and O–H groups in total. The first-order chi connectivity index (χ1) is 12.2. The molecule has 136 valence electrons. The van der Waals surface area contributed by atoms with E-state index in [2.05, 4.69) is 0 Å². The van der Waals surface area contributed by atoms with Crippen molar-refractivity contribution in [3.8, 4) is 0 Å². The summed E-state index contributed by atoms with van der Waals surface area (Å²) in [6.45, 7) is 3.44. The molecule has 1 unspecified atom stereocenters. The topological polar surface area (TPSA) is 57.6 Å². The van der Waals surface area contributed by atoms with E-state index in [0.717, 1.165) is 0 Å². The minimum atomic E-state index is -2.47. The Labute approximate surface area is 150 Å². The van der Waals surface area contributed by atoms with Crippen LogP contribution in [0.5, 0.6) is 0 Å². The van der Waals surface area contributed by atoms with Crippen molar-refractivity contribution in [2.75, 3.05) is 0 Å². The molecule has 3 rings (SSSR count). The fourth-order valence-electron chi connectivity index (χ4n) is 3.26. The molecule has 0 fully saturated rings. The van der Waals surface area contributed by atoms with Crippen molar-refractivity contribution in [1.29, 1.82) is 0 Å². The fourth-order valence-corrected chi connectivity index (χ4v) is 3.26. The molecule has 26 heavy (non-hydrogen) atoms. The molecule has 0 aliphatic carbocycles. The highest BCUT2D eigenvalue weighted by Gasteiger charge is 2.44. The molecule has 1 aliphatic heterocycles. The van der Waals surface area contributed by atoms with Crippen LogP contribution in [0.25, 0.3) is 0 Å². The van der Waals surface area contributed by atoms with Crippen LogP contribution in [0, 0.1) is 11.7 Å². The van der Waals surface area contributed by atoms with Gasteiger partial charge in [0.25, 0.3) is 5.91 Å². The third-order valence-corrected chi connectivity index (χ3v) is 4.84. The summed E-state index contributed by atoms with van der Waals surface area (Å²) < 4.78 is 28.7. The summed E-state index contributed by atoms with van der Waals surface area (Å²) in [5, 5.41) is 9.25. The van der Waals surface area contributed by atoms with Crippen LogP contribution >= 0.6 is 0 Å². The highest BCUT2D eigenvalue weighted by molar-refractivity contribution is 5.98. The number of alkyl halides is 1. The molecule has 1 atom stereocenters. The van der Waals surface area contributed by atoms with Crippen molar-refractivity contribution in [3.05, 3.63) is 70.5 Å². The fraction of sp³-hybridized carbons (Fsp3) is 0.300. The standard InChI is InChI=1S/C20H19F2NO3/c1-12(2)20(22,19(25)26)14-8-6-13(7-9-14)10-23-11-16-15(18(23)24)4-3-5-17(16)21/h3-9,12H,10-11H2,1-2H3,(H,25,26). The molecular weight excluding hydrogens is 340 g/mol. The third kappa shape index (κ3) is 2.85. The van der Waals surface area contributed by atoms with Gasteiger partial charge >= 0.3 is 5.97 Å². The van der Waals surface area contributed by atoms with Gasteiger partial charge < -0.3 is 10.0 Å². The van der Waals surface area contributed by atoms with Crippen LogP contribution in [0.3, 0.4) is 0 Å². The highest BCUT2D eigenvalue weighted by atomic mass is 19.1. The Morgan fingerprint density at radius 3 is 2.42 bits per heavy atom. The number of fused-ring (bicyclic) bond motifs is 1. The summed E-state index contributed by atoms with van der Waals surface area (Å²) in [5.74, 6) is -2.92. The van der Waals surface area contributed by atoms with E-state index in [1.165, 1.54) is 43.0 Å². The Morgan fingerprint density at radius 2 is 1.88 bits per heavy atom. The molecule has 0 radical (unpaired) electrons. The second-order valence-electron chi connectivity index (χ2n) is 6.80. The molecule has 0 bridgehead atoms. The van der Waals surface area contributed by atoms with E-state index in [1.807, 2.05) is 0 Å². The van der Waals surface area contributed by atoms with Crippen molar-refractivity contribution < 1.29 is 23.5 Å². The number of hydrogen-bond donors (Lipinski definition) is 1. The van der Waals surface area contributed by atoms with Crippen LogP contribution in [-0.4, -0.2) is 21.9 Å². The first-order valence-electron chi connectivity index (χ1n) is 8.33. The van der Waals surface area contributed by atoms with Gasteiger partial charge in [-0.1, -0.05) is 44.2 Å².